The third-order valence-electron chi connectivity index (χ3n) is 3.36. The van der Waals surface area contributed by atoms with Crippen LogP contribution in [0, 0.1) is 5.41 Å². The largest absolute Gasteiger partial charge is 0.388 e. The molecular weight excluding hydrogens is 210 g/mol. The molecule has 0 amide bonds. The van der Waals surface area contributed by atoms with E-state index in [1.165, 1.54) is 5.39 Å². The summed E-state index contributed by atoms with van der Waals surface area (Å²) in [6, 6.07) is 14.2. The van der Waals surface area contributed by atoms with Gasteiger partial charge in [-0.1, -0.05) is 50.2 Å². The highest BCUT2D eigenvalue weighted by atomic mass is 16.3. The van der Waals surface area contributed by atoms with E-state index in [2.05, 4.69) is 12.1 Å². The van der Waals surface area contributed by atoms with Gasteiger partial charge in [-0.05, 0) is 22.4 Å². The summed E-state index contributed by atoms with van der Waals surface area (Å²) < 4.78 is 0. The minimum absolute atomic E-state index is 0.303. The van der Waals surface area contributed by atoms with Crippen LogP contribution in [0.1, 0.15) is 25.5 Å². The first kappa shape index (κ1) is 12.1. The molecular formula is C15H19NO. The van der Waals surface area contributed by atoms with E-state index in [9.17, 15) is 5.11 Å². The van der Waals surface area contributed by atoms with Gasteiger partial charge in [0.25, 0.3) is 0 Å². The maximum absolute atomic E-state index is 10.3. The minimum Gasteiger partial charge on any atom is -0.388 e. The number of hydrogen-bond acceptors (Lipinski definition) is 2. The Morgan fingerprint density at radius 3 is 2.41 bits per heavy atom. The SMILES string of the molecule is CC(C)(CN)C(O)c1ccc2ccccc2c1. The molecule has 1 unspecified atom stereocenters. The maximum Gasteiger partial charge on any atom is 0.0853 e. The molecule has 0 aliphatic heterocycles. The third kappa shape index (κ3) is 2.33. The molecule has 0 radical (unpaired) electrons. The lowest BCUT2D eigenvalue weighted by Gasteiger charge is -2.29. The Balaban J connectivity index is 2.43. The summed E-state index contributed by atoms with van der Waals surface area (Å²) >= 11 is 0. The van der Waals surface area contributed by atoms with Crippen LogP contribution < -0.4 is 5.73 Å². The van der Waals surface area contributed by atoms with Crippen molar-refractivity contribution in [1.82, 2.24) is 0 Å². The first-order valence-electron chi connectivity index (χ1n) is 5.91. The lowest BCUT2D eigenvalue weighted by atomic mass is 9.82. The lowest BCUT2D eigenvalue weighted by Crippen LogP contribution is -2.30. The van der Waals surface area contributed by atoms with Gasteiger partial charge >= 0.3 is 0 Å². The van der Waals surface area contributed by atoms with Crippen molar-refractivity contribution >= 4 is 10.8 Å². The van der Waals surface area contributed by atoms with Gasteiger partial charge < -0.3 is 10.8 Å². The molecule has 2 rings (SSSR count). The van der Waals surface area contributed by atoms with E-state index in [0.29, 0.717) is 6.54 Å². The van der Waals surface area contributed by atoms with Crippen LogP contribution in [0.25, 0.3) is 10.8 Å². The minimum atomic E-state index is -0.530. The monoisotopic (exact) mass is 229 g/mol. The fourth-order valence-corrected chi connectivity index (χ4v) is 1.94. The Bertz CT molecular complexity index is 519. The van der Waals surface area contributed by atoms with Gasteiger partial charge in [-0.3, -0.25) is 0 Å². The van der Waals surface area contributed by atoms with Crippen LogP contribution in [-0.2, 0) is 0 Å². The normalized spacial score (nSPS) is 13.9. The first-order valence-corrected chi connectivity index (χ1v) is 5.91. The van der Waals surface area contributed by atoms with Crippen molar-refractivity contribution in [3.8, 4) is 0 Å². The lowest BCUT2D eigenvalue weighted by molar-refractivity contribution is 0.0556. The van der Waals surface area contributed by atoms with Crippen LogP contribution >= 0.6 is 0 Å². The highest BCUT2D eigenvalue weighted by Crippen LogP contribution is 2.33. The van der Waals surface area contributed by atoms with E-state index in [1.54, 1.807) is 0 Å². The van der Waals surface area contributed by atoms with Crippen LogP contribution in [0.4, 0.5) is 0 Å². The van der Waals surface area contributed by atoms with Gasteiger partial charge in [0.2, 0.25) is 0 Å². The zero-order valence-electron chi connectivity index (χ0n) is 10.4. The van der Waals surface area contributed by atoms with Gasteiger partial charge in [0.15, 0.2) is 0 Å². The Labute approximate surface area is 102 Å². The van der Waals surface area contributed by atoms with Gasteiger partial charge in [0.05, 0.1) is 6.10 Å². The Morgan fingerprint density at radius 2 is 1.76 bits per heavy atom. The fourth-order valence-electron chi connectivity index (χ4n) is 1.94. The molecule has 2 nitrogen and oxygen atoms in total. The molecule has 2 heteroatoms. The zero-order chi connectivity index (χ0) is 12.5. The number of aliphatic hydroxyl groups is 1. The molecule has 0 saturated carbocycles. The molecule has 2 aromatic rings. The van der Waals surface area contributed by atoms with Gasteiger partial charge in [0.1, 0.15) is 0 Å². The molecule has 17 heavy (non-hydrogen) atoms. The van der Waals surface area contributed by atoms with E-state index < -0.39 is 6.10 Å². The maximum atomic E-state index is 10.3. The molecule has 2 aromatic carbocycles. The summed E-state index contributed by atoms with van der Waals surface area (Å²) in [5.74, 6) is 0. The highest BCUT2D eigenvalue weighted by molar-refractivity contribution is 5.83. The number of rotatable bonds is 3. The third-order valence-corrected chi connectivity index (χ3v) is 3.36. The molecule has 0 fully saturated rings. The number of fused-ring (bicyclic) bond motifs is 1. The quantitative estimate of drug-likeness (QED) is 0.850. The van der Waals surface area contributed by atoms with Gasteiger partial charge in [0, 0.05) is 12.0 Å². The molecule has 0 spiro atoms. The van der Waals surface area contributed by atoms with Crippen LogP contribution in [0.3, 0.4) is 0 Å². The second kappa shape index (κ2) is 4.47. The molecule has 90 valence electrons. The number of hydrogen-bond donors (Lipinski definition) is 2. The second-order valence-electron chi connectivity index (χ2n) is 5.20. The molecule has 0 aliphatic carbocycles. The Hall–Kier alpha value is -1.38. The Kier molecular flexibility index (Phi) is 3.18. The van der Waals surface area contributed by atoms with Crippen molar-refractivity contribution in [2.24, 2.45) is 11.1 Å². The topological polar surface area (TPSA) is 46.2 Å². The van der Waals surface area contributed by atoms with E-state index in [0.717, 1.165) is 10.9 Å². The van der Waals surface area contributed by atoms with Crippen LogP contribution in [0.2, 0.25) is 0 Å². The Morgan fingerprint density at radius 1 is 1.12 bits per heavy atom. The van der Waals surface area contributed by atoms with Crippen molar-refractivity contribution in [2.45, 2.75) is 20.0 Å². The summed E-state index contributed by atoms with van der Waals surface area (Å²) in [7, 11) is 0. The molecule has 0 bridgehead atoms. The van der Waals surface area contributed by atoms with Gasteiger partial charge in [-0.25, -0.2) is 0 Å². The standard InChI is InChI=1S/C15H19NO/c1-15(2,10-16)14(17)13-8-7-11-5-3-4-6-12(11)9-13/h3-9,14,17H,10,16H2,1-2H3. The number of benzene rings is 2. The van der Waals surface area contributed by atoms with Crippen molar-refractivity contribution in [1.29, 1.82) is 0 Å². The fraction of sp³-hybridized carbons (Fsp3) is 0.333. The first-order chi connectivity index (χ1) is 8.04. The van der Waals surface area contributed by atoms with Gasteiger partial charge in [-0.15, -0.1) is 0 Å². The molecule has 0 heterocycles. The summed E-state index contributed by atoms with van der Waals surface area (Å²) in [5.41, 5.74) is 6.32. The molecule has 1 atom stereocenters. The smallest absolute Gasteiger partial charge is 0.0853 e. The number of aliphatic hydroxyl groups excluding tert-OH is 1. The van der Waals surface area contributed by atoms with E-state index in [4.69, 9.17) is 5.73 Å². The average Bonchev–Trinajstić information content (AvgIpc) is 2.37. The number of nitrogens with two attached hydrogens (primary N) is 1. The van der Waals surface area contributed by atoms with Crippen molar-refractivity contribution in [2.75, 3.05) is 6.54 Å². The van der Waals surface area contributed by atoms with Crippen molar-refractivity contribution in [3.63, 3.8) is 0 Å². The van der Waals surface area contributed by atoms with Gasteiger partial charge in [-0.2, -0.15) is 0 Å². The molecule has 0 aliphatic rings. The highest BCUT2D eigenvalue weighted by Gasteiger charge is 2.27. The summed E-state index contributed by atoms with van der Waals surface area (Å²) in [6.45, 7) is 4.42. The van der Waals surface area contributed by atoms with Crippen molar-refractivity contribution in [3.05, 3.63) is 48.0 Å². The molecule has 0 saturated heterocycles. The van der Waals surface area contributed by atoms with E-state index >= 15 is 0 Å². The van der Waals surface area contributed by atoms with E-state index in [-0.39, 0.29) is 5.41 Å². The van der Waals surface area contributed by atoms with Crippen molar-refractivity contribution < 1.29 is 5.11 Å². The molecule has 3 N–H and O–H groups in total. The predicted molar refractivity (Wildman–Crippen MR) is 71.7 cm³/mol. The summed E-state index contributed by atoms with van der Waals surface area (Å²) in [4.78, 5) is 0. The predicted octanol–water partition coefficient (Wildman–Crippen LogP) is 2.86. The van der Waals surface area contributed by atoms with Crippen LogP contribution in [0.15, 0.2) is 42.5 Å². The zero-order valence-corrected chi connectivity index (χ0v) is 10.4. The average molecular weight is 229 g/mol. The van der Waals surface area contributed by atoms with E-state index in [1.807, 2.05) is 44.2 Å². The van der Waals surface area contributed by atoms with Crippen LogP contribution in [-0.4, -0.2) is 11.7 Å². The van der Waals surface area contributed by atoms with Crippen LogP contribution in [0.5, 0.6) is 0 Å². The summed E-state index contributed by atoms with van der Waals surface area (Å²) in [6.07, 6.45) is -0.530. The molecule has 0 aromatic heterocycles. The summed E-state index contributed by atoms with van der Waals surface area (Å²) in [5, 5.41) is 12.7. The second-order valence-corrected chi connectivity index (χ2v) is 5.20.